The van der Waals surface area contributed by atoms with Crippen molar-refractivity contribution in [1.29, 1.82) is 0 Å². The van der Waals surface area contributed by atoms with Gasteiger partial charge in [0.05, 0.1) is 12.1 Å². The zero-order valence-corrected chi connectivity index (χ0v) is 17.6. The Labute approximate surface area is 180 Å². The van der Waals surface area contributed by atoms with Crippen molar-refractivity contribution in [3.05, 3.63) is 48.2 Å². The van der Waals surface area contributed by atoms with E-state index in [0.29, 0.717) is 25.1 Å². The fourth-order valence-electron chi connectivity index (χ4n) is 4.46. The van der Waals surface area contributed by atoms with Crippen molar-refractivity contribution in [3.8, 4) is 0 Å². The number of nitrogens with zero attached hydrogens (tertiary/aromatic N) is 3. The number of urea groups is 1. The summed E-state index contributed by atoms with van der Waals surface area (Å²) in [5.41, 5.74) is 7.03. The number of carbonyl (C=O) groups excluding carboxylic acids is 3. The predicted molar refractivity (Wildman–Crippen MR) is 114 cm³/mol. The number of esters is 1. The van der Waals surface area contributed by atoms with Gasteiger partial charge in [0.15, 0.2) is 0 Å². The highest BCUT2D eigenvalue weighted by atomic mass is 16.5. The van der Waals surface area contributed by atoms with Crippen LogP contribution in [0.1, 0.15) is 18.9 Å². The minimum Gasteiger partial charge on any atom is -0.457 e. The molecule has 2 saturated heterocycles. The van der Waals surface area contributed by atoms with Gasteiger partial charge in [0.25, 0.3) is 5.91 Å². The van der Waals surface area contributed by atoms with Gasteiger partial charge in [-0.05, 0) is 36.6 Å². The van der Waals surface area contributed by atoms with Crippen LogP contribution in [0.2, 0.25) is 0 Å². The number of aliphatic hydroxyl groups is 1. The summed E-state index contributed by atoms with van der Waals surface area (Å²) >= 11 is 0. The molecule has 3 N–H and O–H groups in total. The maximum absolute atomic E-state index is 12.8. The van der Waals surface area contributed by atoms with Gasteiger partial charge in [-0.15, -0.1) is 0 Å². The third-order valence-electron chi connectivity index (χ3n) is 6.34. The number of aliphatic hydroxyl groups excluding tert-OH is 1. The molecule has 9 heteroatoms. The molecule has 164 valence electrons. The van der Waals surface area contributed by atoms with Crippen molar-refractivity contribution < 1.29 is 24.2 Å². The molecule has 3 amide bonds. The molecule has 0 aliphatic carbocycles. The van der Waals surface area contributed by atoms with Crippen LogP contribution in [0.3, 0.4) is 0 Å². The second-order valence-electron chi connectivity index (χ2n) is 8.12. The molecule has 2 fully saturated rings. The Morgan fingerprint density at radius 1 is 1.35 bits per heavy atom. The Morgan fingerprint density at radius 2 is 2.03 bits per heavy atom. The lowest BCUT2D eigenvalue weighted by molar-refractivity contribution is -0.165. The van der Waals surface area contributed by atoms with E-state index < -0.39 is 29.6 Å². The molecule has 3 atom stereocenters. The van der Waals surface area contributed by atoms with Crippen LogP contribution < -0.4 is 10.6 Å². The summed E-state index contributed by atoms with van der Waals surface area (Å²) in [5.74, 6) is -1.14. The minimum absolute atomic E-state index is 0.00993. The van der Waals surface area contributed by atoms with Crippen LogP contribution >= 0.6 is 0 Å². The first kappa shape index (κ1) is 21.1. The number of rotatable bonds is 6. The van der Waals surface area contributed by atoms with Crippen molar-refractivity contribution in [2.24, 2.45) is 5.73 Å². The molecule has 1 aromatic carbocycles. The van der Waals surface area contributed by atoms with E-state index >= 15 is 0 Å². The quantitative estimate of drug-likeness (QED) is 0.393. The lowest BCUT2D eigenvalue weighted by atomic mass is 9.75. The summed E-state index contributed by atoms with van der Waals surface area (Å²) in [6.07, 6.45) is 0.701. The highest BCUT2D eigenvalue weighted by molar-refractivity contribution is 6.09. The van der Waals surface area contributed by atoms with Crippen molar-refractivity contribution >= 4 is 29.2 Å². The maximum Gasteiger partial charge on any atom is 0.355 e. The van der Waals surface area contributed by atoms with Gasteiger partial charge in [-0.1, -0.05) is 24.8 Å². The SMILES string of the molecule is C=CCOC(=O)C1=C(c2ccc(N3CCN(C)C3=O)cc2)C[C@H]2N1C(=O)[C@]2(N)[C@@H](C)O. The van der Waals surface area contributed by atoms with Gasteiger partial charge in [-0.2, -0.15) is 0 Å². The molecule has 0 spiro atoms. The smallest absolute Gasteiger partial charge is 0.355 e. The third-order valence-corrected chi connectivity index (χ3v) is 6.34. The minimum atomic E-state index is -1.45. The average Bonchev–Trinajstić information content (AvgIpc) is 3.30. The van der Waals surface area contributed by atoms with Gasteiger partial charge in [0.2, 0.25) is 0 Å². The van der Waals surface area contributed by atoms with Crippen LogP contribution in [-0.4, -0.2) is 77.2 Å². The van der Waals surface area contributed by atoms with E-state index in [1.165, 1.54) is 17.9 Å². The number of hydrogen-bond acceptors (Lipinski definition) is 6. The van der Waals surface area contributed by atoms with E-state index in [1.807, 2.05) is 24.3 Å². The Morgan fingerprint density at radius 3 is 2.58 bits per heavy atom. The zero-order valence-electron chi connectivity index (χ0n) is 17.6. The summed E-state index contributed by atoms with van der Waals surface area (Å²) < 4.78 is 5.22. The fraction of sp³-hybridized carbons (Fsp3) is 0.409. The number of β-lactam (4-membered cyclic amide) rings is 1. The van der Waals surface area contributed by atoms with Crippen molar-refractivity contribution in [2.75, 3.05) is 31.6 Å². The highest BCUT2D eigenvalue weighted by Crippen LogP contribution is 2.48. The average molecular weight is 426 g/mol. The Bertz CT molecular complexity index is 986. The number of likely N-dealkylation sites (N-methyl/N-ethyl adjacent to an activating group) is 1. The van der Waals surface area contributed by atoms with Crippen LogP contribution in [-0.2, 0) is 14.3 Å². The molecule has 3 aliphatic heterocycles. The van der Waals surface area contributed by atoms with Crippen LogP contribution in [0.15, 0.2) is 42.6 Å². The van der Waals surface area contributed by atoms with Crippen molar-refractivity contribution in [3.63, 3.8) is 0 Å². The third kappa shape index (κ3) is 3.03. The normalized spacial score (nSPS) is 26.2. The lowest BCUT2D eigenvalue weighted by Gasteiger charge is -2.52. The molecule has 4 rings (SSSR count). The molecule has 0 bridgehead atoms. The number of carbonyl (C=O) groups is 3. The summed E-state index contributed by atoms with van der Waals surface area (Å²) in [5, 5.41) is 10.1. The summed E-state index contributed by atoms with van der Waals surface area (Å²) in [6, 6.07) is 6.65. The molecule has 3 aliphatic rings. The van der Waals surface area contributed by atoms with E-state index in [0.717, 1.165) is 11.3 Å². The fourth-order valence-corrected chi connectivity index (χ4v) is 4.46. The lowest BCUT2D eigenvalue weighted by Crippen LogP contribution is -2.80. The van der Waals surface area contributed by atoms with Crippen molar-refractivity contribution in [2.45, 2.75) is 31.0 Å². The molecule has 0 radical (unpaired) electrons. The van der Waals surface area contributed by atoms with E-state index in [-0.39, 0.29) is 18.3 Å². The van der Waals surface area contributed by atoms with Crippen LogP contribution in [0, 0.1) is 0 Å². The topological polar surface area (TPSA) is 116 Å². The number of benzene rings is 1. The van der Waals surface area contributed by atoms with Crippen LogP contribution in [0.25, 0.3) is 5.57 Å². The molecule has 1 aromatic rings. The first-order chi connectivity index (χ1) is 14.7. The molecule has 0 unspecified atom stereocenters. The molecule has 31 heavy (non-hydrogen) atoms. The Kier molecular flexibility index (Phi) is 5.10. The maximum atomic E-state index is 12.8. The first-order valence-electron chi connectivity index (χ1n) is 10.2. The second-order valence-corrected chi connectivity index (χ2v) is 8.12. The van der Waals surface area contributed by atoms with Crippen LogP contribution in [0.4, 0.5) is 10.5 Å². The number of nitrogens with two attached hydrogens (primary N) is 1. The molecule has 0 saturated carbocycles. The summed E-state index contributed by atoms with van der Waals surface area (Å²) in [7, 11) is 1.75. The number of fused-ring (bicyclic) bond motifs is 1. The van der Waals surface area contributed by atoms with E-state index in [1.54, 1.807) is 16.8 Å². The van der Waals surface area contributed by atoms with Gasteiger partial charge >= 0.3 is 12.0 Å². The zero-order chi connectivity index (χ0) is 22.5. The molecule has 9 nitrogen and oxygen atoms in total. The molecular formula is C22H26N4O5. The Hall–Kier alpha value is -3.17. The Balaban J connectivity index is 1.68. The number of anilines is 1. The summed E-state index contributed by atoms with van der Waals surface area (Å²) in [4.78, 5) is 42.5. The summed E-state index contributed by atoms with van der Waals surface area (Å²) in [6.45, 7) is 6.28. The largest absolute Gasteiger partial charge is 0.457 e. The predicted octanol–water partition coefficient (Wildman–Crippen LogP) is 0.692. The van der Waals surface area contributed by atoms with E-state index in [4.69, 9.17) is 10.5 Å². The number of ether oxygens (including phenoxy) is 1. The molecule has 0 aromatic heterocycles. The van der Waals surface area contributed by atoms with Crippen LogP contribution in [0.5, 0.6) is 0 Å². The van der Waals surface area contributed by atoms with Gasteiger partial charge < -0.3 is 20.5 Å². The van der Waals surface area contributed by atoms with Gasteiger partial charge in [0.1, 0.15) is 17.8 Å². The number of hydrogen-bond donors (Lipinski definition) is 2. The highest BCUT2D eigenvalue weighted by Gasteiger charge is 2.66. The van der Waals surface area contributed by atoms with Crippen molar-refractivity contribution in [1.82, 2.24) is 9.80 Å². The van der Waals surface area contributed by atoms with E-state index in [9.17, 15) is 19.5 Å². The standard InChI is InChI=1S/C22H26N4O5/c1-4-11-31-19(28)18-16(12-17-22(23,13(2)27)20(29)26(17)18)14-5-7-15(8-6-14)25-10-9-24(3)21(25)30/h4-8,13,17,27H,1,9-12,23H2,2-3H3/t13-,17-,22+/m1/s1. The van der Waals surface area contributed by atoms with Gasteiger partial charge in [-0.3, -0.25) is 14.6 Å². The molecular weight excluding hydrogens is 400 g/mol. The molecule has 3 heterocycles. The monoisotopic (exact) mass is 426 g/mol. The van der Waals surface area contributed by atoms with Gasteiger partial charge in [0, 0.05) is 25.8 Å². The van der Waals surface area contributed by atoms with Gasteiger partial charge in [-0.25, -0.2) is 9.59 Å². The number of amides is 3. The second kappa shape index (κ2) is 7.51. The van der Waals surface area contributed by atoms with E-state index in [2.05, 4.69) is 6.58 Å². The first-order valence-corrected chi connectivity index (χ1v) is 10.2.